The Morgan fingerprint density at radius 1 is 1.41 bits per heavy atom. The van der Waals surface area contributed by atoms with Gasteiger partial charge in [-0.15, -0.1) is 0 Å². The number of carbonyl (C=O) groups is 1. The van der Waals surface area contributed by atoms with Crippen LogP contribution in [0.3, 0.4) is 0 Å². The molecule has 17 heavy (non-hydrogen) atoms. The molecule has 1 N–H and O–H groups in total. The van der Waals surface area contributed by atoms with E-state index in [-0.39, 0.29) is 18.4 Å². The van der Waals surface area contributed by atoms with Gasteiger partial charge >= 0.3 is 101 Å². The predicted octanol–water partition coefficient (Wildman–Crippen LogP) is 1.35. The molecule has 2 unspecified atom stereocenters. The van der Waals surface area contributed by atoms with E-state index in [2.05, 4.69) is 5.32 Å². The fraction of sp³-hybridized carbons (Fsp3) is 0.364. The zero-order valence-corrected chi connectivity index (χ0v) is 10.5. The molecule has 0 aliphatic heterocycles. The Morgan fingerprint density at radius 2 is 2.06 bits per heavy atom. The van der Waals surface area contributed by atoms with Crippen molar-refractivity contribution in [3.8, 4) is 0 Å². The van der Waals surface area contributed by atoms with Crippen molar-refractivity contribution in [2.75, 3.05) is 19.3 Å². The van der Waals surface area contributed by atoms with Gasteiger partial charge in [0.2, 0.25) is 0 Å². The van der Waals surface area contributed by atoms with E-state index in [1.54, 1.807) is 0 Å². The van der Waals surface area contributed by atoms with E-state index >= 15 is 0 Å². The van der Waals surface area contributed by atoms with Crippen molar-refractivity contribution in [1.82, 2.24) is 5.32 Å². The van der Waals surface area contributed by atoms with Gasteiger partial charge in [-0.05, 0) is 0 Å². The summed E-state index contributed by atoms with van der Waals surface area (Å²) < 4.78 is 21.4. The van der Waals surface area contributed by atoms with Crippen molar-refractivity contribution >= 4 is 20.7 Å². The molecule has 4 nitrogen and oxygen atoms in total. The molecule has 0 aromatic heterocycles. The normalized spacial score (nSPS) is 12.6. The fourth-order valence-electron chi connectivity index (χ4n) is 1.54. The van der Waals surface area contributed by atoms with Gasteiger partial charge in [-0.25, -0.2) is 0 Å². The molecule has 0 aliphatic rings. The molecule has 0 saturated heterocycles. The Kier molecular flexibility index (Phi) is 5.88. The van der Waals surface area contributed by atoms with Gasteiger partial charge in [0, 0.05) is 0 Å². The molecule has 0 aliphatic carbocycles. The average Bonchev–Trinajstić information content (AvgIpc) is 2.30. The molecular weight excluding hydrogens is 236 g/mol. The number of benzene rings is 1. The summed E-state index contributed by atoms with van der Waals surface area (Å²) >= 11 is 0. The van der Waals surface area contributed by atoms with Gasteiger partial charge < -0.3 is 0 Å². The quantitative estimate of drug-likeness (QED) is 0.586. The van der Waals surface area contributed by atoms with Gasteiger partial charge in [-0.2, -0.15) is 0 Å². The van der Waals surface area contributed by atoms with Gasteiger partial charge in [-0.1, -0.05) is 0 Å². The molecule has 0 spiro atoms. The van der Waals surface area contributed by atoms with E-state index in [9.17, 15) is 14.1 Å². The summed E-state index contributed by atoms with van der Waals surface area (Å²) in [5.41, 5.74) is 0.788. The molecule has 88 valence electrons. The van der Waals surface area contributed by atoms with E-state index in [4.69, 9.17) is 0 Å². The second kappa shape index (κ2) is 7.20. The molecule has 1 rings (SSSR count). The number of carbonyl (C=O) groups excluding carboxylic acids is 1. The molecule has 0 saturated carbocycles. The van der Waals surface area contributed by atoms with Crippen molar-refractivity contribution < 1.29 is 14.1 Å². The number of rotatable bonds is 7. The maximum absolute atomic E-state index is 11.9. The monoisotopic (exact) mass is 250 g/mol. The molecule has 0 fully saturated rings. The van der Waals surface area contributed by atoms with Crippen LogP contribution in [-0.4, -0.2) is 32.2 Å². The summed E-state index contributed by atoms with van der Waals surface area (Å²) in [6, 6.07) is 8.56. The zero-order chi connectivity index (χ0) is 12.7. The SMILES string of the molecule is C[P+](=O)CC(=O)C(NCB=O)c1ccccc1. The number of nitrogens with one attached hydrogen (secondary N) is 1. The van der Waals surface area contributed by atoms with Crippen LogP contribution in [0.4, 0.5) is 0 Å². The first-order chi connectivity index (χ1) is 8.15. The summed E-state index contributed by atoms with van der Waals surface area (Å²) in [4.78, 5) is 11.9. The average molecular weight is 250 g/mol. The molecule has 0 amide bonds. The summed E-state index contributed by atoms with van der Waals surface area (Å²) in [5, 5.41) is 2.84. The van der Waals surface area contributed by atoms with Crippen LogP contribution in [0.1, 0.15) is 11.6 Å². The van der Waals surface area contributed by atoms with Crippen molar-refractivity contribution in [2.45, 2.75) is 6.04 Å². The maximum atomic E-state index is 11.9. The van der Waals surface area contributed by atoms with Crippen LogP contribution in [0.15, 0.2) is 30.3 Å². The summed E-state index contributed by atoms with van der Waals surface area (Å²) in [6.45, 7) is 1.52. The van der Waals surface area contributed by atoms with Crippen LogP contribution in [0.25, 0.3) is 0 Å². The fourth-order valence-corrected chi connectivity index (χ4v) is 2.16. The third-order valence-corrected chi connectivity index (χ3v) is 3.00. The summed E-state index contributed by atoms with van der Waals surface area (Å²) in [7, 11) is -0.802. The molecule has 2 atom stereocenters. The van der Waals surface area contributed by atoms with E-state index in [0.29, 0.717) is 7.15 Å². The van der Waals surface area contributed by atoms with Crippen LogP contribution in [0.5, 0.6) is 0 Å². The van der Waals surface area contributed by atoms with Gasteiger partial charge in [0.25, 0.3) is 0 Å². The van der Waals surface area contributed by atoms with Crippen LogP contribution >= 0.6 is 7.80 Å². The predicted molar refractivity (Wildman–Crippen MR) is 67.0 cm³/mol. The third-order valence-electron chi connectivity index (χ3n) is 2.24. The Bertz CT molecular complexity index is 410. The standard InChI is InChI=1S/C11H14BNO3P/c1-17(16)7-10(14)11(13-8-12-15)9-5-3-2-4-6-9/h2-6,11,13H,7-8H2,1H3/q+1. The topological polar surface area (TPSA) is 63.2 Å². The van der Waals surface area contributed by atoms with Crippen LogP contribution in [-0.2, 0) is 14.1 Å². The number of ketones is 1. The molecule has 1 aromatic rings. The Labute approximate surface area is 102 Å². The molecule has 0 bridgehead atoms. The van der Waals surface area contributed by atoms with E-state index in [1.807, 2.05) is 30.3 Å². The number of hydrogen-bond acceptors (Lipinski definition) is 4. The van der Waals surface area contributed by atoms with Gasteiger partial charge in [0.05, 0.1) is 0 Å². The first kappa shape index (κ1) is 13.9. The van der Waals surface area contributed by atoms with Crippen molar-refractivity contribution in [1.29, 1.82) is 0 Å². The minimum atomic E-state index is -1.51. The first-order valence-corrected chi connectivity index (χ1v) is 7.17. The van der Waals surface area contributed by atoms with Gasteiger partial charge in [-0.3, -0.25) is 0 Å². The van der Waals surface area contributed by atoms with Gasteiger partial charge in [0.15, 0.2) is 0 Å². The summed E-state index contributed by atoms with van der Waals surface area (Å²) in [5.74, 6) is -0.151. The van der Waals surface area contributed by atoms with Crippen molar-refractivity contribution in [2.24, 2.45) is 0 Å². The molecule has 0 heterocycles. The number of hydrogen-bond donors (Lipinski definition) is 1. The summed E-state index contributed by atoms with van der Waals surface area (Å²) in [6.07, 6.45) is 0.131. The van der Waals surface area contributed by atoms with Crippen molar-refractivity contribution in [3.05, 3.63) is 35.9 Å². The van der Waals surface area contributed by atoms with Crippen LogP contribution in [0.2, 0.25) is 0 Å². The molecule has 6 heteroatoms. The minimum absolute atomic E-state index is 0.0285. The molecule has 1 aromatic carbocycles. The van der Waals surface area contributed by atoms with Crippen LogP contribution < -0.4 is 5.32 Å². The molecular formula is C11H14BNO3P+. The van der Waals surface area contributed by atoms with Gasteiger partial charge in [0.1, 0.15) is 0 Å². The first-order valence-electron chi connectivity index (χ1n) is 5.28. The van der Waals surface area contributed by atoms with E-state index in [0.717, 1.165) is 5.56 Å². The van der Waals surface area contributed by atoms with E-state index < -0.39 is 13.8 Å². The van der Waals surface area contributed by atoms with Crippen LogP contribution in [0, 0.1) is 0 Å². The molecule has 0 radical (unpaired) electrons. The second-order valence-corrected chi connectivity index (χ2v) is 5.24. The van der Waals surface area contributed by atoms with E-state index in [1.165, 1.54) is 6.66 Å². The second-order valence-electron chi connectivity index (χ2n) is 3.67. The Morgan fingerprint density at radius 3 is 2.59 bits per heavy atom. The zero-order valence-electron chi connectivity index (χ0n) is 9.63. The Balaban J connectivity index is 2.83. The van der Waals surface area contributed by atoms with Crippen molar-refractivity contribution in [3.63, 3.8) is 0 Å². The Hall–Kier alpha value is -1.19. The third kappa shape index (κ3) is 4.67. The number of Topliss-reactive ketones (excluding diaryl/α,β-unsaturated/α-hetero) is 1.